The number of benzene rings is 3. The number of nitrogen functional groups attached to an aromatic ring is 1. The van der Waals surface area contributed by atoms with Crippen LogP contribution in [0.15, 0.2) is 60.7 Å². The first-order valence-electron chi connectivity index (χ1n) is 13.7. The Bertz CT molecular complexity index is 1220. The number of ether oxygens (including phenoxy) is 1. The van der Waals surface area contributed by atoms with Gasteiger partial charge in [0.15, 0.2) is 11.6 Å². The highest BCUT2D eigenvalue weighted by Crippen LogP contribution is 2.41. The third-order valence-electron chi connectivity index (χ3n) is 7.01. The van der Waals surface area contributed by atoms with Crippen LogP contribution in [0.5, 0.6) is 5.75 Å². The van der Waals surface area contributed by atoms with Gasteiger partial charge in [-0.1, -0.05) is 107 Å². The van der Waals surface area contributed by atoms with Crippen molar-refractivity contribution in [3.8, 4) is 5.75 Å². The van der Waals surface area contributed by atoms with Gasteiger partial charge >= 0.3 is 0 Å². The van der Waals surface area contributed by atoms with Crippen molar-refractivity contribution in [1.29, 1.82) is 0 Å². The smallest absolute Gasteiger partial charge is 0.196 e. The monoisotopic (exact) mass is 498 g/mol. The fourth-order valence-corrected chi connectivity index (χ4v) is 4.96. The van der Waals surface area contributed by atoms with Gasteiger partial charge in [-0.3, -0.25) is 9.59 Å². The summed E-state index contributed by atoms with van der Waals surface area (Å²) in [7, 11) is 0. The Balaban J connectivity index is 1.46. The van der Waals surface area contributed by atoms with E-state index in [1.807, 2.05) is 30.3 Å². The maximum absolute atomic E-state index is 13.5. The summed E-state index contributed by atoms with van der Waals surface area (Å²) in [5, 5.41) is 3.32. The van der Waals surface area contributed by atoms with Gasteiger partial charge in [0.05, 0.1) is 29.1 Å². The zero-order valence-electron chi connectivity index (χ0n) is 21.9. The van der Waals surface area contributed by atoms with Crippen molar-refractivity contribution in [3.63, 3.8) is 0 Å². The molecule has 0 saturated carbocycles. The minimum atomic E-state index is -0.247. The highest BCUT2D eigenvalue weighted by molar-refractivity contribution is 6.32. The van der Waals surface area contributed by atoms with Crippen LogP contribution in [0.2, 0.25) is 0 Å². The summed E-state index contributed by atoms with van der Waals surface area (Å²) < 4.78 is 6.10. The number of hydrogen-bond donors (Lipinski definition) is 2. The van der Waals surface area contributed by atoms with E-state index in [4.69, 9.17) is 10.5 Å². The van der Waals surface area contributed by atoms with Crippen molar-refractivity contribution >= 4 is 28.6 Å². The first kappa shape index (κ1) is 26.5. The van der Waals surface area contributed by atoms with E-state index in [1.54, 1.807) is 30.3 Å². The number of carbonyl (C=O) groups excluding carboxylic acids is 2. The summed E-state index contributed by atoms with van der Waals surface area (Å²) >= 11 is 0. The second-order valence-electron chi connectivity index (χ2n) is 9.81. The zero-order valence-corrected chi connectivity index (χ0v) is 21.9. The highest BCUT2D eigenvalue weighted by atomic mass is 16.5. The van der Waals surface area contributed by atoms with Gasteiger partial charge in [-0.05, 0) is 18.6 Å². The van der Waals surface area contributed by atoms with E-state index in [0.29, 0.717) is 34.7 Å². The molecule has 5 heteroatoms. The van der Waals surface area contributed by atoms with Gasteiger partial charge in [-0.25, -0.2) is 0 Å². The van der Waals surface area contributed by atoms with Gasteiger partial charge in [0, 0.05) is 22.9 Å². The molecule has 1 aliphatic rings. The minimum absolute atomic E-state index is 0.212. The lowest BCUT2D eigenvalue weighted by atomic mass is 9.82. The van der Waals surface area contributed by atoms with Crippen molar-refractivity contribution in [2.45, 2.75) is 71.1 Å². The van der Waals surface area contributed by atoms with Gasteiger partial charge in [0.2, 0.25) is 0 Å². The van der Waals surface area contributed by atoms with Crippen molar-refractivity contribution in [1.82, 2.24) is 0 Å². The molecule has 0 heterocycles. The molecular weight excluding hydrogens is 460 g/mol. The van der Waals surface area contributed by atoms with Crippen LogP contribution >= 0.6 is 0 Å². The van der Waals surface area contributed by atoms with Gasteiger partial charge < -0.3 is 15.8 Å². The van der Waals surface area contributed by atoms with E-state index in [2.05, 4.69) is 12.2 Å². The maximum atomic E-state index is 13.5. The highest BCUT2D eigenvalue weighted by Gasteiger charge is 2.35. The van der Waals surface area contributed by atoms with Crippen molar-refractivity contribution in [2.75, 3.05) is 17.7 Å². The quantitative estimate of drug-likeness (QED) is 0.136. The Morgan fingerprint density at radius 1 is 0.703 bits per heavy atom. The van der Waals surface area contributed by atoms with Crippen LogP contribution in [0, 0.1) is 0 Å². The van der Waals surface area contributed by atoms with Gasteiger partial charge in [-0.15, -0.1) is 0 Å². The van der Waals surface area contributed by atoms with E-state index in [1.165, 1.54) is 51.4 Å². The predicted molar refractivity (Wildman–Crippen MR) is 151 cm³/mol. The molecule has 5 nitrogen and oxygen atoms in total. The van der Waals surface area contributed by atoms with E-state index in [0.717, 1.165) is 18.5 Å². The van der Waals surface area contributed by atoms with Crippen LogP contribution in [0.3, 0.4) is 0 Å². The fourth-order valence-electron chi connectivity index (χ4n) is 4.96. The largest absolute Gasteiger partial charge is 0.491 e. The fraction of sp³-hybridized carbons (Fsp3) is 0.375. The number of nitrogens with two attached hydrogens (primary N) is 1. The molecule has 0 amide bonds. The Morgan fingerprint density at radius 3 is 1.86 bits per heavy atom. The number of ketones is 2. The number of rotatable bonds is 14. The van der Waals surface area contributed by atoms with E-state index >= 15 is 0 Å². The molecule has 0 unspecified atom stereocenters. The van der Waals surface area contributed by atoms with Gasteiger partial charge in [-0.2, -0.15) is 0 Å². The second-order valence-corrected chi connectivity index (χ2v) is 9.81. The molecule has 0 atom stereocenters. The Morgan fingerprint density at radius 2 is 1.24 bits per heavy atom. The average molecular weight is 499 g/mol. The van der Waals surface area contributed by atoms with E-state index in [9.17, 15) is 9.59 Å². The first-order valence-corrected chi connectivity index (χ1v) is 13.7. The molecule has 0 aromatic heterocycles. The van der Waals surface area contributed by atoms with Gasteiger partial charge in [0.25, 0.3) is 0 Å². The van der Waals surface area contributed by atoms with Gasteiger partial charge in [0.1, 0.15) is 5.75 Å². The number of carbonyl (C=O) groups is 2. The summed E-state index contributed by atoms with van der Waals surface area (Å²) in [5.74, 6) is -0.0200. The molecule has 3 aromatic rings. The number of para-hydroxylation sites is 1. The first-order chi connectivity index (χ1) is 18.1. The standard InChI is InChI=1S/C32H38N2O3/c1-2-3-4-5-6-7-8-9-10-16-21-37-27-22-26(34-23-17-12-11-13-18-23)28-29(30(27)33)32(36)25-20-15-14-19-24(25)31(28)35/h11-15,17-20,22,34H,2-10,16,21,33H2,1H3. The molecular formula is C32H38N2O3. The van der Waals surface area contributed by atoms with Crippen LogP contribution in [-0.4, -0.2) is 18.2 Å². The molecule has 0 radical (unpaired) electrons. The van der Waals surface area contributed by atoms with Crippen LogP contribution < -0.4 is 15.8 Å². The third-order valence-corrected chi connectivity index (χ3v) is 7.01. The zero-order chi connectivity index (χ0) is 26.0. The normalized spacial score (nSPS) is 12.2. The summed E-state index contributed by atoms with van der Waals surface area (Å²) in [6.45, 7) is 2.76. The molecule has 0 aliphatic heterocycles. The molecule has 0 bridgehead atoms. The topological polar surface area (TPSA) is 81.4 Å². The number of hydrogen-bond acceptors (Lipinski definition) is 5. The molecule has 3 N–H and O–H groups in total. The number of unbranched alkanes of at least 4 members (excludes halogenated alkanes) is 9. The van der Waals surface area contributed by atoms with Crippen LogP contribution in [0.25, 0.3) is 0 Å². The second kappa shape index (κ2) is 13.1. The number of nitrogens with one attached hydrogen (secondary N) is 1. The SMILES string of the molecule is CCCCCCCCCCCCOc1cc(Nc2ccccc2)c2c(c1N)C(=O)c1ccccc1C2=O. The molecule has 0 fully saturated rings. The number of fused-ring (bicyclic) bond motifs is 2. The average Bonchev–Trinajstić information content (AvgIpc) is 2.92. The molecule has 37 heavy (non-hydrogen) atoms. The van der Waals surface area contributed by atoms with E-state index < -0.39 is 0 Å². The Labute approximate surface area is 220 Å². The summed E-state index contributed by atoms with van der Waals surface area (Å²) in [6, 6.07) is 18.2. The molecule has 0 spiro atoms. The summed E-state index contributed by atoms with van der Waals surface area (Å²) in [4.78, 5) is 27.0. The predicted octanol–water partition coefficient (Wildman–Crippen LogP) is 8.09. The van der Waals surface area contributed by atoms with Crippen LogP contribution in [0.1, 0.15) is 103 Å². The Hall–Kier alpha value is -3.60. The maximum Gasteiger partial charge on any atom is 0.196 e. The minimum Gasteiger partial charge on any atom is -0.491 e. The third kappa shape index (κ3) is 6.40. The molecule has 3 aromatic carbocycles. The molecule has 0 saturated heterocycles. The number of anilines is 3. The Kier molecular flexibility index (Phi) is 9.36. The van der Waals surface area contributed by atoms with Crippen molar-refractivity contribution in [3.05, 3.63) is 82.9 Å². The van der Waals surface area contributed by atoms with E-state index in [-0.39, 0.29) is 22.8 Å². The lowest BCUT2D eigenvalue weighted by Crippen LogP contribution is -2.24. The lowest BCUT2D eigenvalue weighted by molar-refractivity contribution is 0.0980. The summed E-state index contributed by atoms with van der Waals surface area (Å²) in [5.41, 5.74) is 9.36. The van der Waals surface area contributed by atoms with Crippen molar-refractivity contribution in [2.24, 2.45) is 0 Å². The van der Waals surface area contributed by atoms with Crippen LogP contribution in [0.4, 0.5) is 17.1 Å². The van der Waals surface area contributed by atoms with Crippen LogP contribution in [-0.2, 0) is 0 Å². The molecule has 1 aliphatic carbocycles. The lowest BCUT2D eigenvalue weighted by Gasteiger charge is -2.24. The van der Waals surface area contributed by atoms with Crippen molar-refractivity contribution < 1.29 is 14.3 Å². The summed E-state index contributed by atoms with van der Waals surface area (Å²) in [6.07, 6.45) is 12.4. The molecule has 194 valence electrons. The molecule has 4 rings (SSSR count).